The van der Waals surface area contributed by atoms with Crippen LogP contribution in [0.3, 0.4) is 0 Å². The van der Waals surface area contributed by atoms with Crippen LogP contribution in [0.25, 0.3) is 0 Å². The Morgan fingerprint density at radius 3 is 2.25 bits per heavy atom. The second kappa shape index (κ2) is 6.34. The Morgan fingerprint density at radius 2 is 1.67 bits per heavy atom. The molecule has 0 atom stereocenters. The van der Waals surface area contributed by atoms with Crippen molar-refractivity contribution in [3.05, 3.63) is 34.9 Å². The fourth-order valence-corrected chi connectivity index (χ4v) is 5.21. The monoisotopic (exact) mass is 346 g/mol. The predicted molar refractivity (Wildman–Crippen MR) is 97.3 cm³/mol. The van der Waals surface area contributed by atoms with E-state index in [4.69, 9.17) is 11.6 Å². The fourth-order valence-electron chi connectivity index (χ4n) is 5.08. The summed E-state index contributed by atoms with van der Waals surface area (Å²) in [6.45, 7) is 4.13. The highest BCUT2D eigenvalue weighted by Gasteiger charge is 2.47. The number of nitrogens with zero attached hydrogens (tertiary/aromatic N) is 1. The molecule has 2 heterocycles. The van der Waals surface area contributed by atoms with Gasteiger partial charge in [-0.3, -0.25) is 4.79 Å². The van der Waals surface area contributed by atoms with Gasteiger partial charge in [-0.05, 0) is 61.8 Å². The van der Waals surface area contributed by atoms with Crippen molar-refractivity contribution >= 4 is 17.5 Å². The van der Waals surface area contributed by atoms with Crippen LogP contribution in [0.2, 0.25) is 5.02 Å². The molecule has 0 radical (unpaired) electrons. The third kappa shape index (κ3) is 2.76. The third-order valence-electron chi connectivity index (χ3n) is 6.71. The molecule has 1 spiro atoms. The number of piperidine rings is 1. The second-order valence-electron chi connectivity index (χ2n) is 8.02. The van der Waals surface area contributed by atoms with Crippen molar-refractivity contribution in [2.75, 3.05) is 26.2 Å². The highest BCUT2D eigenvalue weighted by Crippen LogP contribution is 2.45. The van der Waals surface area contributed by atoms with E-state index < -0.39 is 0 Å². The molecule has 4 heteroatoms. The van der Waals surface area contributed by atoms with Gasteiger partial charge in [0, 0.05) is 24.7 Å². The lowest BCUT2D eigenvalue weighted by molar-refractivity contribution is -0.139. The summed E-state index contributed by atoms with van der Waals surface area (Å²) in [6, 6.07) is 8.00. The number of carbonyl (C=O) groups is 1. The van der Waals surface area contributed by atoms with Crippen molar-refractivity contribution in [1.29, 1.82) is 0 Å². The van der Waals surface area contributed by atoms with E-state index in [1.165, 1.54) is 6.42 Å². The molecule has 0 aromatic heterocycles. The Kier molecular flexibility index (Phi) is 4.34. The van der Waals surface area contributed by atoms with Crippen LogP contribution in [0.4, 0.5) is 0 Å². The lowest BCUT2D eigenvalue weighted by Crippen LogP contribution is -2.50. The summed E-state index contributed by atoms with van der Waals surface area (Å²) in [7, 11) is 0. The smallest absolute Gasteiger partial charge is 0.233 e. The minimum Gasteiger partial charge on any atom is -0.342 e. The van der Waals surface area contributed by atoms with Gasteiger partial charge < -0.3 is 10.2 Å². The molecule has 1 aromatic rings. The normalized spacial score (nSPS) is 25.3. The van der Waals surface area contributed by atoms with E-state index in [0.717, 1.165) is 75.3 Å². The largest absolute Gasteiger partial charge is 0.342 e. The first-order valence-electron chi connectivity index (χ1n) is 9.40. The second-order valence-corrected chi connectivity index (χ2v) is 8.45. The Balaban J connectivity index is 1.54. The molecule has 130 valence electrons. The average molecular weight is 347 g/mol. The first kappa shape index (κ1) is 16.4. The minimum absolute atomic E-state index is 0.303. The van der Waals surface area contributed by atoms with Crippen molar-refractivity contribution in [1.82, 2.24) is 10.2 Å². The zero-order valence-corrected chi connectivity index (χ0v) is 15.1. The van der Waals surface area contributed by atoms with E-state index in [0.29, 0.717) is 11.3 Å². The molecule has 2 aliphatic heterocycles. The Labute approximate surface area is 149 Å². The summed E-state index contributed by atoms with van der Waals surface area (Å²) in [5, 5.41) is 4.25. The number of nitrogens with one attached hydrogen (secondary N) is 1. The first-order valence-corrected chi connectivity index (χ1v) is 9.78. The highest BCUT2D eigenvalue weighted by atomic mass is 35.5. The maximum atomic E-state index is 13.5. The van der Waals surface area contributed by atoms with Gasteiger partial charge in [-0.25, -0.2) is 0 Å². The van der Waals surface area contributed by atoms with Gasteiger partial charge >= 0.3 is 0 Å². The Bertz CT molecular complexity index is 591. The third-order valence-corrected chi connectivity index (χ3v) is 6.96. The summed E-state index contributed by atoms with van der Waals surface area (Å²) in [5.74, 6) is 0.364. The molecule has 3 aliphatic rings. The molecule has 3 nitrogen and oxygen atoms in total. The van der Waals surface area contributed by atoms with Crippen molar-refractivity contribution in [3.63, 3.8) is 0 Å². The first-order chi connectivity index (χ1) is 11.6. The van der Waals surface area contributed by atoms with E-state index in [1.54, 1.807) is 0 Å². The van der Waals surface area contributed by atoms with Gasteiger partial charge in [-0.15, -0.1) is 0 Å². The maximum absolute atomic E-state index is 13.5. The molecule has 1 aromatic carbocycles. The molecule has 1 saturated carbocycles. The molecule has 4 rings (SSSR count). The van der Waals surface area contributed by atoms with Crippen molar-refractivity contribution < 1.29 is 4.79 Å². The topological polar surface area (TPSA) is 32.3 Å². The summed E-state index contributed by atoms with van der Waals surface area (Å²) in [6.07, 6.45) is 7.85. The fraction of sp³-hybridized carbons (Fsp3) is 0.650. The number of rotatable bonds is 2. The summed E-state index contributed by atoms with van der Waals surface area (Å²) in [4.78, 5) is 15.6. The lowest BCUT2D eigenvalue weighted by atomic mass is 9.74. The zero-order valence-electron chi connectivity index (χ0n) is 14.3. The van der Waals surface area contributed by atoms with Crippen molar-refractivity contribution in [3.8, 4) is 0 Å². The van der Waals surface area contributed by atoms with Crippen LogP contribution in [-0.4, -0.2) is 37.0 Å². The van der Waals surface area contributed by atoms with Crippen LogP contribution in [-0.2, 0) is 10.2 Å². The van der Waals surface area contributed by atoms with Crippen LogP contribution in [0.1, 0.15) is 50.5 Å². The molecule has 2 saturated heterocycles. The van der Waals surface area contributed by atoms with Gasteiger partial charge in [0.1, 0.15) is 0 Å². The number of amides is 1. The average Bonchev–Trinajstić information content (AvgIpc) is 3.26. The Morgan fingerprint density at radius 1 is 1.00 bits per heavy atom. The molecule has 3 fully saturated rings. The molecule has 24 heavy (non-hydrogen) atoms. The van der Waals surface area contributed by atoms with Crippen molar-refractivity contribution in [2.45, 2.75) is 50.4 Å². The summed E-state index contributed by atoms with van der Waals surface area (Å²) >= 11 is 6.06. The number of carbonyl (C=O) groups excluding carboxylic acids is 1. The molecule has 1 aliphatic carbocycles. The molecule has 1 N–H and O–H groups in total. The number of benzene rings is 1. The summed E-state index contributed by atoms with van der Waals surface area (Å²) < 4.78 is 0. The van der Waals surface area contributed by atoms with Crippen LogP contribution in [0, 0.1) is 5.41 Å². The minimum atomic E-state index is -0.303. The van der Waals surface area contributed by atoms with Crippen LogP contribution >= 0.6 is 11.6 Å². The zero-order chi connectivity index (χ0) is 16.6. The van der Waals surface area contributed by atoms with E-state index in [2.05, 4.69) is 22.3 Å². The number of likely N-dealkylation sites (tertiary alicyclic amines) is 1. The van der Waals surface area contributed by atoms with E-state index in [1.807, 2.05) is 12.1 Å². The lowest BCUT2D eigenvalue weighted by Gasteiger charge is -2.42. The molecular formula is C20H27ClN2O. The molecule has 1 amide bonds. The SMILES string of the molecule is O=C(N1CCC2(CCNC2)CC1)C1(c2ccc(Cl)cc2)CCCC1. The standard InChI is InChI=1S/C20H27ClN2O/c21-17-5-3-16(4-6-17)20(7-1-2-8-20)18(24)23-13-10-19(11-14-23)9-12-22-15-19/h3-6,22H,1-2,7-15H2. The Hall–Kier alpha value is -1.06. The quantitative estimate of drug-likeness (QED) is 0.884. The van der Waals surface area contributed by atoms with E-state index in [9.17, 15) is 4.79 Å². The number of hydrogen-bond donors (Lipinski definition) is 1. The van der Waals surface area contributed by atoms with E-state index in [-0.39, 0.29) is 5.41 Å². The number of hydrogen-bond acceptors (Lipinski definition) is 2. The van der Waals surface area contributed by atoms with Gasteiger partial charge in [0.25, 0.3) is 0 Å². The molecule has 0 unspecified atom stereocenters. The van der Waals surface area contributed by atoms with E-state index >= 15 is 0 Å². The highest BCUT2D eigenvalue weighted by molar-refractivity contribution is 6.30. The predicted octanol–water partition coefficient (Wildman–Crippen LogP) is 3.75. The van der Waals surface area contributed by atoms with Gasteiger partial charge in [0.05, 0.1) is 5.41 Å². The van der Waals surface area contributed by atoms with Crippen LogP contribution in [0.15, 0.2) is 24.3 Å². The van der Waals surface area contributed by atoms with Crippen molar-refractivity contribution in [2.24, 2.45) is 5.41 Å². The number of halogens is 1. The molecular weight excluding hydrogens is 320 g/mol. The van der Waals surface area contributed by atoms with Crippen LogP contribution in [0.5, 0.6) is 0 Å². The molecule has 0 bridgehead atoms. The maximum Gasteiger partial charge on any atom is 0.233 e. The van der Waals surface area contributed by atoms with Crippen LogP contribution < -0.4 is 5.32 Å². The van der Waals surface area contributed by atoms with Gasteiger partial charge in [0.2, 0.25) is 5.91 Å². The summed E-state index contributed by atoms with van der Waals surface area (Å²) in [5.41, 5.74) is 1.32. The van der Waals surface area contributed by atoms with Gasteiger partial charge in [-0.2, -0.15) is 0 Å². The van der Waals surface area contributed by atoms with Gasteiger partial charge in [0.15, 0.2) is 0 Å². The van der Waals surface area contributed by atoms with Gasteiger partial charge in [-0.1, -0.05) is 36.6 Å².